The highest BCUT2D eigenvalue weighted by Gasteiger charge is 2.27. The van der Waals surface area contributed by atoms with Gasteiger partial charge in [-0.15, -0.1) is 11.4 Å². The van der Waals surface area contributed by atoms with Crippen LogP contribution in [0.5, 0.6) is 0 Å². The summed E-state index contributed by atoms with van der Waals surface area (Å²) < 4.78 is 24.9. The van der Waals surface area contributed by atoms with Crippen molar-refractivity contribution in [3.05, 3.63) is 78.4 Å². The third-order valence-corrected chi connectivity index (χ3v) is 5.02. The van der Waals surface area contributed by atoms with Gasteiger partial charge in [0.05, 0.1) is 10.4 Å². The zero-order valence-electron chi connectivity index (χ0n) is 13.4. The van der Waals surface area contributed by atoms with E-state index in [1.807, 2.05) is 44.2 Å². The van der Waals surface area contributed by atoms with Crippen molar-refractivity contribution >= 4 is 10.0 Å². The average Bonchev–Trinajstić information content (AvgIpc) is 2.55. The summed E-state index contributed by atoms with van der Waals surface area (Å²) in [5.74, 6) is 0. The van der Waals surface area contributed by atoms with Crippen molar-refractivity contribution in [3.63, 3.8) is 0 Å². The molecule has 0 saturated carbocycles. The topological polar surface area (TPSA) is 58.2 Å². The van der Waals surface area contributed by atoms with Crippen LogP contribution in [-0.4, -0.2) is 8.42 Å². The van der Waals surface area contributed by atoms with Gasteiger partial charge in [0.2, 0.25) is 0 Å². The first-order valence-electron chi connectivity index (χ1n) is 7.39. The predicted molar refractivity (Wildman–Crippen MR) is 93.2 cm³/mol. The molecule has 2 N–H and O–H groups in total. The van der Waals surface area contributed by atoms with Crippen LogP contribution in [0.15, 0.2) is 72.1 Å². The molecule has 0 aliphatic rings. The number of hydrogen-bond acceptors (Lipinski definition) is 3. The Morgan fingerprint density at radius 1 is 1.09 bits per heavy atom. The molecule has 0 aromatic heterocycles. The van der Waals surface area contributed by atoms with Crippen LogP contribution in [-0.2, 0) is 15.6 Å². The van der Waals surface area contributed by atoms with Crippen LogP contribution >= 0.6 is 0 Å². The molecule has 0 heterocycles. The lowest BCUT2D eigenvalue weighted by Gasteiger charge is -2.30. The van der Waals surface area contributed by atoms with Gasteiger partial charge in [-0.05, 0) is 38.0 Å². The Morgan fingerprint density at radius 3 is 2.26 bits per heavy atom. The van der Waals surface area contributed by atoms with Gasteiger partial charge in [-0.2, -0.15) is 0 Å². The minimum atomic E-state index is -3.63. The minimum absolute atomic E-state index is 0.226. The fraction of sp³-hybridized carbons (Fsp3) is 0.222. The molecule has 5 heteroatoms. The van der Waals surface area contributed by atoms with Gasteiger partial charge in [-0.25, -0.2) is 13.8 Å². The average molecular weight is 330 g/mol. The van der Waals surface area contributed by atoms with Crippen molar-refractivity contribution in [2.75, 3.05) is 0 Å². The Balaban J connectivity index is 2.21. The molecular weight excluding hydrogens is 308 g/mol. The number of benzene rings is 2. The van der Waals surface area contributed by atoms with E-state index in [2.05, 4.69) is 16.8 Å². The van der Waals surface area contributed by atoms with Crippen LogP contribution in [0.3, 0.4) is 0 Å². The highest BCUT2D eigenvalue weighted by atomic mass is 32.2. The number of nitrogens with one attached hydrogen (secondary N) is 2. The van der Waals surface area contributed by atoms with Gasteiger partial charge >= 0.3 is 0 Å². The Morgan fingerprint density at radius 2 is 1.70 bits per heavy atom. The number of aryl methyl sites for hydroxylation is 1. The highest BCUT2D eigenvalue weighted by Crippen LogP contribution is 2.24. The molecule has 2 aromatic rings. The maximum absolute atomic E-state index is 12.4. The molecule has 4 nitrogen and oxygen atoms in total. The molecule has 122 valence electrons. The van der Waals surface area contributed by atoms with E-state index in [0.717, 1.165) is 11.1 Å². The molecular formula is C18H22N2O2S. The lowest BCUT2D eigenvalue weighted by molar-refractivity contribution is 0.350. The second-order valence-corrected chi connectivity index (χ2v) is 7.42. The lowest BCUT2D eigenvalue weighted by Crippen LogP contribution is -2.50. The first kappa shape index (κ1) is 17.4. The monoisotopic (exact) mass is 330 g/mol. The Hall–Kier alpha value is -1.95. The minimum Gasteiger partial charge on any atom is -0.233 e. The molecule has 0 saturated heterocycles. The Labute approximate surface area is 138 Å². The second kappa shape index (κ2) is 7.08. The van der Waals surface area contributed by atoms with Crippen molar-refractivity contribution in [1.29, 1.82) is 0 Å². The summed E-state index contributed by atoms with van der Waals surface area (Å²) >= 11 is 0. The molecule has 2 aromatic carbocycles. The van der Waals surface area contributed by atoms with Crippen molar-refractivity contribution in [3.8, 4) is 0 Å². The lowest BCUT2D eigenvalue weighted by atomic mass is 9.89. The van der Waals surface area contributed by atoms with Crippen LogP contribution in [0.1, 0.15) is 24.5 Å². The Kier molecular flexibility index (Phi) is 5.36. The predicted octanol–water partition coefficient (Wildman–Crippen LogP) is 3.27. The molecule has 0 spiro atoms. The van der Waals surface area contributed by atoms with Crippen molar-refractivity contribution in [2.24, 2.45) is 0 Å². The number of hydrazine groups is 1. The van der Waals surface area contributed by atoms with Crippen LogP contribution in [0, 0.1) is 6.92 Å². The number of hydrogen-bond donors (Lipinski definition) is 2. The van der Waals surface area contributed by atoms with Gasteiger partial charge in [0.1, 0.15) is 0 Å². The van der Waals surface area contributed by atoms with Crippen LogP contribution in [0.2, 0.25) is 0 Å². The maximum atomic E-state index is 12.4. The molecule has 0 amide bonds. The third-order valence-electron chi connectivity index (χ3n) is 3.76. The quantitative estimate of drug-likeness (QED) is 0.605. The van der Waals surface area contributed by atoms with Crippen LogP contribution < -0.4 is 10.3 Å². The van der Waals surface area contributed by atoms with E-state index in [4.69, 9.17) is 0 Å². The molecule has 0 aliphatic carbocycles. The third kappa shape index (κ3) is 4.28. The van der Waals surface area contributed by atoms with Gasteiger partial charge < -0.3 is 0 Å². The summed E-state index contributed by atoms with van der Waals surface area (Å²) in [6, 6.07) is 16.4. The van der Waals surface area contributed by atoms with Crippen molar-refractivity contribution in [1.82, 2.24) is 10.3 Å². The fourth-order valence-corrected chi connectivity index (χ4v) is 3.26. The standard InChI is InChI=1S/C18H22N2O2S/c1-4-14-18(3,16-8-6-5-7-9-16)19-20-23(21,22)17-12-10-15(2)11-13-17/h4-13,19-20H,1,14H2,2-3H3. The fourth-order valence-electron chi connectivity index (χ4n) is 2.29. The molecule has 23 heavy (non-hydrogen) atoms. The molecule has 0 aliphatic heterocycles. The highest BCUT2D eigenvalue weighted by molar-refractivity contribution is 7.89. The van der Waals surface area contributed by atoms with Gasteiger partial charge in [-0.1, -0.05) is 54.1 Å². The molecule has 0 radical (unpaired) electrons. The van der Waals surface area contributed by atoms with Crippen LogP contribution in [0.25, 0.3) is 0 Å². The SMILES string of the molecule is C=CCC(C)(NNS(=O)(=O)c1ccc(C)cc1)c1ccccc1. The van der Waals surface area contributed by atoms with E-state index in [1.54, 1.807) is 30.3 Å². The smallest absolute Gasteiger partial charge is 0.233 e. The number of sulfonamides is 1. The van der Waals surface area contributed by atoms with E-state index in [0.29, 0.717) is 6.42 Å². The van der Waals surface area contributed by atoms with Gasteiger partial charge in [0.25, 0.3) is 10.0 Å². The summed E-state index contributed by atoms with van der Waals surface area (Å²) in [5, 5.41) is 0. The molecule has 0 fully saturated rings. The van der Waals surface area contributed by atoms with Gasteiger partial charge in [0, 0.05) is 0 Å². The van der Waals surface area contributed by atoms with E-state index < -0.39 is 15.6 Å². The Bertz CT molecular complexity index is 755. The van der Waals surface area contributed by atoms with Gasteiger partial charge in [-0.3, -0.25) is 0 Å². The summed E-state index contributed by atoms with van der Waals surface area (Å²) in [6.45, 7) is 7.61. The molecule has 2 rings (SSSR count). The largest absolute Gasteiger partial charge is 0.253 e. The summed E-state index contributed by atoms with van der Waals surface area (Å²) in [5.41, 5.74) is 4.36. The summed E-state index contributed by atoms with van der Waals surface area (Å²) in [4.78, 5) is 2.72. The van der Waals surface area contributed by atoms with E-state index >= 15 is 0 Å². The van der Waals surface area contributed by atoms with E-state index in [-0.39, 0.29) is 4.90 Å². The van der Waals surface area contributed by atoms with Crippen LogP contribution in [0.4, 0.5) is 0 Å². The van der Waals surface area contributed by atoms with Gasteiger partial charge in [0.15, 0.2) is 0 Å². The second-order valence-electron chi connectivity index (χ2n) is 5.73. The van der Waals surface area contributed by atoms with E-state index in [1.165, 1.54) is 0 Å². The molecule has 0 bridgehead atoms. The summed E-state index contributed by atoms with van der Waals surface area (Å²) in [6.07, 6.45) is 2.34. The normalized spacial score (nSPS) is 14.2. The molecule has 1 atom stereocenters. The number of rotatable bonds is 7. The molecule has 1 unspecified atom stereocenters. The maximum Gasteiger partial charge on any atom is 0.253 e. The van der Waals surface area contributed by atoms with Crippen molar-refractivity contribution < 1.29 is 8.42 Å². The first-order valence-corrected chi connectivity index (χ1v) is 8.88. The zero-order chi connectivity index (χ0) is 16.9. The summed E-state index contributed by atoms with van der Waals surface area (Å²) in [7, 11) is -3.63. The first-order chi connectivity index (χ1) is 10.9. The van der Waals surface area contributed by atoms with Crippen molar-refractivity contribution in [2.45, 2.75) is 30.7 Å². The zero-order valence-corrected chi connectivity index (χ0v) is 14.2. The van der Waals surface area contributed by atoms with E-state index in [9.17, 15) is 8.42 Å².